The van der Waals surface area contributed by atoms with Gasteiger partial charge in [-0.2, -0.15) is 0 Å². The molecule has 0 unspecified atom stereocenters. The molecular weight excluding hydrogens is 476 g/mol. The van der Waals surface area contributed by atoms with Gasteiger partial charge in [-0.1, -0.05) is 34.4 Å². The summed E-state index contributed by atoms with van der Waals surface area (Å²) in [6.45, 7) is 9.64. The van der Waals surface area contributed by atoms with Crippen LogP contribution in [-0.2, 0) is 22.6 Å². The first-order valence-corrected chi connectivity index (χ1v) is 12.8. The summed E-state index contributed by atoms with van der Waals surface area (Å²) in [5.41, 5.74) is 7.53. The van der Waals surface area contributed by atoms with Crippen molar-refractivity contribution < 1.29 is 28.2 Å². The summed E-state index contributed by atoms with van der Waals surface area (Å²) in [5.74, 6) is -0.599. The molecule has 2 aromatic carbocycles. The van der Waals surface area contributed by atoms with Crippen LogP contribution in [0.5, 0.6) is 0 Å². The second kappa shape index (κ2) is 12.3. The molecule has 0 saturated heterocycles. The standard InChI is InChI=1S/C32H34N2O4/c1-23-17-24(2)20-29(19-23)31(35)37-15-13-33-9-5-27(6-10-33)28-7-11-34(12-8-28)14-16-38-32(36)30-21-25(3)18-26(4)22-30/h5-12,17-22H,13-16H2,1-4H3/q+2. The number of benzene rings is 2. The molecule has 194 valence electrons. The molecule has 0 atom stereocenters. The van der Waals surface area contributed by atoms with Crippen LogP contribution in [0.4, 0.5) is 0 Å². The van der Waals surface area contributed by atoms with Crippen LogP contribution in [0.2, 0.25) is 0 Å². The van der Waals surface area contributed by atoms with E-state index in [4.69, 9.17) is 9.47 Å². The Morgan fingerprint density at radius 2 is 0.868 bits per heavy atom. The van der Waals surface area contributed by atoms with E-state index in [2.05, 4.69) is 0 Å². The molecule has 38 heavy (non-hydrogen) atoms. The van der Waals surface area contributed by atoms with Gasteiger partial charge in [0.25, 0.3) is 0 Å². The number of carbonyl (C=O) groups is 2. The van der Waals surface area contributed by atoms with Crippen molar-refractivity contribution in [2.45, 2.75) is 40.8 Å². The number of ether oxygens (including phenoxy) is 2. The van der Waals surface area contributed by atoms with Gasteiger partial charge in [-0.25, -0.2) is 18.7 Å². The zero-order chi connectivity index (χ0) is 27.1. The predicted octanol–water partition coefficient (Wildman–Crippen LogP) is 4.88. The Morgan fingerprint density at radius 1 is 0.553 bits per heavy atom. The summed E-state index contributed by atoms with van der Waals surface area (Å²) in [5, 5.41) is 0. The van der Waals surface area contributed by atoms with Gasteiger partial charge in [0.1, 0.15) is 0 Å². The molecular formula is C32H34N2O4+2. The smallest absolute Gasteiger partial charge is 0.338 e. The minimum absolute atomic E-state index is 0.299. The lowest BCUT2D eigenvalue weighted by molar-refractivity contribution is -0.698. The Morgan fingerprint density at radius 3 is 1.18 bits per heavy atom. The number of aryl methyl sites for hydroxylation is 4. The average Bonchev–Trinajstić information content (AvgIpc) is 2.88. The molecule has 0 fully saturated rings. The maximum absolute atomic E-state index is 12.3. The summed E-state index contributed by atoms with van der Waals surface area (Å²) in [4.78, 5) is 24.7. The van der Waals surface area contributed by atoms with Crippen LogP contribution < -0.4 is 9.13 Å². The highest BCUT2D eigenvalue weighted by atomic mass is 16.5. The molecule has 0 saturated carbocycles. The van der Waals surface area contributed by atoms with Gasteiger partial charge in [-0.15, -0.1) is 0 Å². The molecule has 0 aliphatic rings. The number of hydrogen-bond acceptors (Lipinski definition) is 4. The van der Waals surface area contributed by atoms with Crippen LogP contribution in [0.25, 0.3) is 11.1 Å². The lowest BCUT2D eigenvalue weighted by Crippen LogP contribution is -2.36. The molecule has 6 heteroatoms. The number of aromatic nitrogens is 2. The fourth-order valence-electron chi connectivity index (χ4n) is 4.44. The van der Waals surface area contributed by atoms with Crippen LogP contribution >= 0.6 is 0 Å². The first-order valence-electron chi connectivity index (χ1n) is 12.8. The van der Waals surface area contributed by atoms with E-state index in [1.54, 1.807) is 0 Å². The summed E-state index contributed by atoms with van der Waals surface area (Å²) in [6, 6.07) is 19.6. The quantitative estimate of drug-likeness (QED) is 0.238. The van der Waals surface area contributed by atoms with E-state index in [1.807, 2.05) is 122 Å². The minimum atomic E-state index is -0.299. The zero-order valence-corrected chi connectivity index (χ0v) is 22.4. The Kier molecular flexibility index (Phi) is 8.64. The van der Waals surface area contributed by atoms with E-state index in [1.165, 1.54) is 0 Å². The minimum Gasteiger partial charge on any atom is -0.455 e. The van der Waals surface area contributed by atoms with Crippen LogP contribution in [0.1, 0.15) is 43.0 Å². The molecule has 0 aliphatic carbocycles. The number of esters is 2. The normalized spacial score (nSPS) is 10.7. The Bertz CT molecular complexity index is 1280. The van der Waals surface area contributed by atoms with Gasteiger partial charge in [0.2, 0.25) is 0 Å². The van der Waals surface area contributed by atoms with E-state index >= 15 is 0 Å². The van der Waals surface area contributed by atoms with Crippen LogP contribution in [0, 0.1) is 27.7 Å². The molecule has 4 rings (SSSR count). The van der Waals surface area contributed by atoms with Crippen molar-refractivity contribution in [3.8, 4) is 11.1 Å². The van der Waals surface area contributed by atoms with E-state index in [-0.39, 0.29) is 11.9 Å². The summed E-state index contributed by atoms with van der Waals surface area (Å²) in [6.07, 6.45) is 7.92. The Hall–Kier alpha value is -4.32. The number of rotatable bonds is 9. The van der Waals surface area contributed by atoms with Crippen LogP contribution in [0.3, 0.4) is 0 Å². The van der Waals surface area contributed by atoms with Crippen molar-refractivity contribution in [2.24, 2.45) is 0 Å². The molecule has 0 amide bonds. The SMILES string of the molecule is Cc1cc(C)cc(C(=O)OCC[n+]2ccc(-c3cc[n+](CCOC(=O)c4cc(C)cc(C)c4)cc3)cc2)c1. The largest absolute Gasteiger partial charge is 0.455 e. The fraction of sp³-hybridized carbons (Fsp3) is 0.250. The summed E-state index contributed by atoms with van der Waals surface area (Å²) < 4.78 is 14.9. The first-order chi connectivity index (χ1) is 18.3. The number of hydrogen-bond donors (Lipinski definition) is 0. The van der Waals surface area contributed by atoms with E-state index in [0.717, 1.165) is 33.4 Å². The van der Waals surface area contributed by atoms with Gasteiger partial charge >= 0.3 is 11.9 Å². The van der Waals surface area contributed by atoms with Gasteiger partial charge in [0.05, 0.1) is 11.1 Å². The third-order valence-corrected chi connectivity index (χ3v) is 6.20. The maximum Gasteiger partial charge on any atom is 0.338 e. The molecule has 2 aromatic heterocycles. The first kappa shape index (κ1) is 26.7. The summed E-state index contributed by atoms with van der Waals surface area (Å²) in [7, 11) is 0. The topological polar surface area (TPSA) is 60.4 Å². The van der Waals surface area contributed by atoms with E-state index in [0.29, 0.717) is 37.4 Å². The molecule has 0 N–H and O–H groups in total. The number of pyridine rings is 2. The molecule has 0 bridgehead atoms. The van der Waals surface area contributed by atoms with E-state index in [9.17, 15) is 9.59 Å². The number of carbonyl (C=O) groups excluding carboxylic acids is 2. The highest BCUT2D eigenvalue weighted by Gasteiger charge is 2.12. The molecule has 0 radical (unpaired) electrons. The lowest BCUT2D eigenvalue weighted by atomic mass is 10.1. The lowest BCUT2D eigenvalue weighted by Gasteiger charge is -2.06. The van der Waals surface area contributed by atoms with Crippen molar-refractivity contribution in [2.75, 3.05) is 13.2 Å². The fourth-order valence-corrected chi connectivity index (χ4v) is 4.44. The average molecular weight is 511 g/mol. The third kappa shape index (κ3) is 7.35. The van der Waals surface area contributed by atoms with Gasteiger partial charge < -0.3 is 9.47 Å². The number of nitrogens with zero attached hydrogens (tertiary/aromatic N) is 2. The highest BCUT2D eigenvalue weighted by molar-refractivity contribution is 5.90. The summed E-state index contributed by atoms with van der Waals surface area (Å²) >= 11 is 0. The van der Waals surface area contributed by atoms with E-state index < -0.39 is 0 Å². The second-order valence-corrected chi connectivity index (χ2v) is 9.67. The molecule has 0 aliphatic heterocycles. The second-order valence-electron chi connectivity index (χ2n) is 9.67. The third-order valence-electron chi connectivity index (χ3n) is 6.20. The zero-order valence-electron chi connectivity index (χ0n) is 22.4. The van der Waals surface area contributed by atoms with Gasteiger partial charge in [0.15, 0.2) is 51.1 Å². The van der Waals surface area contributed by atoms with Crippen molar-refractivity contribution in [1.29, 1.82) is 0 Å². The van der Waals surface area contributed by atoms with Crippen molar-refractivity contribution in [1.82, 2.24) is 0 Å². The highest BCUT2D eigenvalue weighted by Crippen LogP contribution is 2.16. The molecule has 4 aromatic rings. The van der Waals surface area contributed by atoms with Crippen molar-refractivity contribution in [3.05, 3.63) is 119 Å². The van der Waals surface area contributed by atoms with Gasteiger partial charge in [-0.05, 0) is 63.1 Å². The van der Waals surface area contributed by atoms with Crippen molar-refractivity contribution in [3.63, 3.8) is 0 Å². The Balaban J connectivity index is 1.24. The molecule has 6 nitrogen and oxygen atoms in total. The molecule has 0 spiro atoms. The van der Waals surface area contributed by atoms with Gasteiger partial charge in [-0.3, -0.25) is 0 Å². The molecule has 2 heterocycles. The maximum atomic E-state index is 12.3. The van der Waals surface area contributed by atoms with Gasteiger partial charge in [0, 0.05) is 24.3 Å². The monoisotopic (exact) mass is 510 g/mol. The van der Waals surface area contributed by atoms with Crippen LogP contribution in [0.15, 0.2) is 85.5 Å². The Labute approximate surface area is 224 Å². The predicted molar refractivity (Wildman–Crippen MR) is 145 cm³/mol. The van der Waals surface area contributed by atoms with Crippen LogP contribution in [-0.4, -0.2) is 25.2 Å². The van der Waals surface area contributed by atoms with Crippen molar-refractivity contribution >= 4 is 11.9 Å².